The highest BCUT2D eigenvalue weighted by molar-refractivity contribution is 6.51. The standard InChI is InChI=1S/C24H17ClFNO4/c1-31-19-10-6-5-9-16(19)21-20(22(28)14-7-3-2-4-8-14)23(29)24(30)27(21)15-11-12-18(26)17(25)13-15/h2-13,21,28H,1H3/b22-20+. The van der Waals surface area contributed by atoms with Crippen molar-refractivity contribution in [3.63, 3.8) is 0 Å². The third kappa shape index (κ3) is 3.55. The third-order valence-electron chi connectivity index (χ3n) is 5.11. The minimum atomic E-state index is -1.00. The van der Waals surface area contributed by atoms with Crippen LogP contribution in [0.4, 0.5) is 10.1 Å². The summed E-state index contributed by atoms with van der Waals surface area (Å²) >= 11 is 5.94. The molecule has 1 heterocycles. The Morgan fingerprint density at radius 3 is 2.39 bits per heavy atom. The molecule has 31 heavy (non-hydrogen) atoms. The lowest BCUT2D eigenvalue weighted by Crippen LogP contribution is -2.29. The Balaban J connectivity index is 2.00. The number of anilines is 1. The smallest absolute Gasteiger partial charge is 0.300 e. The molecule has 7 heteroatoms. The van der Waals surface area contributed by atoms with E-state index in [9.17, 15) is 19.1 Å². The van der Waals surface area contributed by atoms with Crippen molar-refractivity contribution in [1.82, 2.24) is 0 Å². The fourth-order valence-electron chi connectivity index (χ4n) is 3.67. The van der Waals surface area contributed by atoms with Crippen LogP contribution in [-0.2, 0) is 9.59 Å². The van der Waals surface area contributed by atoms with E-state index in [1.54, 1.807) is 54.6 Å². The number of rotatable bonds is 4. The highest BCUT2D eigenvalue weighted by Gasteiger charge is 2.48. The predicted molar refractivity (Wildman–Crippen MR) is 116 cm³/mol. The maximum absolute atomic E-state index is 13.8. The second-order valence-corrected chi connectivity index (χ2v) is 7.28. The molecule has 3 aromatic rings. The van der Waals surface area contributed by atoms with Gasteiger partial charge < -0.3 is 9.84 Å². The number of hydrogen-bond donors (Lipinski definition) is 1. The van der Waals surface area contributed by atoms with Gasteiger partial charge in [-0.25, -0.2) is 4.39 Å². The first-order valence-corrected chi connectivity index (χ1v) is 9.76. The summed E-state index contributed by atoms with van der Waals surface area (Å²) in [5, 5.41) is 10.8. The molecule has 1 fully saturated rings. The fourth-order valence-corrected chi connectivity index (χ4v) is 3.85. The van der Waals surface area contributed by atoms with Gasteiger partial charge in [-0.1, -0.05) is 60.1 Å². The van der Waals surface area contributed by atoms with Crippen molar-refractivity contribution in [3.05, 3.63) is 100 Å². The molecule has 0 spiro atoms. The number of para-hydroxylation sites is 1. The zero-order valence-electron chi connectivity index (χ0n) is 16.4. The van der Waals surface area contributed by atoms with Crippen molar-refractivity contribution in [1.29, 1.82) is 0 Å². The largest absolute Gasteiger partial charge is 0.507 e. The third-order valence-corrected chi connectivity index (χ3v) is 5.40. The van der Waals surface area contributed by atoms with E-state index in [0.29, 0.717) is 16.9 Å². The van der Waals surface area contributed by atoms with E-state index in [4.69, 9.17) is 16.3 Å². The fraction of sp³-hybridized carbons (Fsp3) is 0.0833. The number of aliphatic hydroxyl groups excluding tert-OH is 1. The molecule has 1 amide bonds. The topological polar surface area (TPSA) is 66.8 Å². The molecular formula is C24H17ClFNO4. The normalized spacial score (nSPS) is 17.8. The van der Waals surface area contributed by atoms with Gasteiger partial charge in [0.25, 0.3) is 11.7 Å². The number of amides is 1. The molecular weight excluding hydrogens is 421 g/mol. The van der Waals surface area contributed by atoms with Crippen molar-refractivity contribution in [2.45, 2.75) is 6.04 Å². The van der Waals surface area contributed by atoms with E-state index in [0.717, 1.165) is 6.07 Å². The molecule has 5 nitrogen and oxygen atoms in total. The van der Waals surface area contributed by atoms with Crippen LogP contribution in [0.1, 0.15) is 17.2 Å². The Kier molecular flexibility index (Phi) is 5.48. The number of ether oxygens (including phenoxy) is 1. The number of nitrogens with zero attached hydrogens (tertiary/aromatic N) is 1. The van der Waals surface area contributed by atoms with Crippen LogP contribution in [0.25, 0.3) is 5.76 Å². The van der Waals surface area contributed by atoms with Crippen LogP contribution in [-0.4, -0.2) is 23.9 Å². The summed E-state index contributed by atoms with van der Waals surface area (Å²) in [7, 11) is 1.47. The molecule has 1 unspecified atom stereocenters. The Morgan fingerprint density at radius 1 is 1.03 bits per heavy atom. The van der Waals surface area contributed by atoms with Crippen LogP contribution in [0, 0.1) is 5.82 Å². The number of ketones is 1. The van der Waals surface area contributed by atoms with E-state index in [-0.39, 0.29) is 22.0 Å². The lowest BCUT2D eigenvalue weighted by atomic mass is 9.94. The van der Waals surface area contributed by atoms with Gasteiger partial charge >= 0.3 is 0 Å². The molecule has 1 aliphatic rings. The lowest BCUT2D eigenvalue weighted by Gasteiger charge is -2.26. The molecule has 156 valence electrons. The van der Waals surface area contributed by atoms with Gasteiger partial charge in [0.2, 0.25) is 0 Å². The molecule has 0 saturated carbocycles. The molecule has 4 rings (SSSR count). The SMILES string of the molecule is COc1ccccc1C1/C(=C(\O)c2ccccc2)C(=O)C(=O)N1c1ccc(F)c(Cl)c1. The molecule has 0 aromatic heterocycles. The van der Waals surface area contributed by atoms with Gasteiger partial charge in [0, 0.05) is 16.8 Å². The molecule has 1 N–H and O–H groups in total. The molecule has 1 aliphatic heterocycles. The van der Waals surface area contributed by atoms with Crippen molar-refractivity contribution in [3.8, 4) is 5.75 Å². The van der Waals surface area contributed by atoms with E-state index < -0.39 is 23.5 Å². The maximum Gasteiger partial charge on any atom is 0.300 e. The number of methoxy groups -OCH3 is 1. The summed E-state index contributed by atoms with van der Waals surface area (Å²) in [5.41, 5.74) is 0.998. The van der Waals surface area contributed by atoms with Gasteiger partial charge in [-0.05, 0) is 24.3 Å². The zero-order valence-corrected chi connectivity index (χ0v) is 17.1. The van der Waals surface area contributed by atoms with Crippen LogP contribution >= 0.6 is 11.6 Å². The van der Waals surface area contributed by atoms with Crippen molar-refractivity contribution < 1.29 is 23.8 Å². The van der Waals surface area contributed by atoms with E-state index >= 15 is 0 Å². The van der Waals surface area contributed by atoms with Crippen molar-refractivity contribution in [2.75, 3.05) is 12.0 Å². The van der Waals surface area contributed by atoms with Gasteiger partial charge in [-0.3, -0.25) is 14.5 Å². The van der Waals surface area contributed by atoms with Crippen LogP contribution < -0.4 is 9.64 Å². The van der Waals surface area contributed by atoms with Gasteiger partial charge in [-0.2, -0.15) is 0 Å². The summed E-state index contributed by atoms with van der Waals surface area (Å²) in [6.45, 7) is 0. The monoisotopic (exact) mass is 437 g/mol. The second-order valence-electron chi connectivity index (χ2n) is 6.88. The van der Waals surface area contributed by atoms with Gasteiger partial charge in [-0.15, -0.1) is 0 Å². The van der Waals surface area contributed by atoms with Gasteiger partial charge in [0.1, 0.15) is 17.3 Å². The summed E-state index contributed by atoms with van der Waals surface area (Å²) in [6, 6.07) is 18.1. The van der Waals surface area contributed by atoms with Crippen molar-refractivity contribution >= 4 is 34.7 Å². The van der Waals surface area contributed by atoms with Gasteiger partial charge in [0.05, 0.1) is 23.7 Å². The number of hydrogen-bond acceptors (Lipinski definition) is 4. The molecule has 0 aliphatic carbocycles. The van der Waals surface area contributed by atoms with Crippen LogP contribution in [0.2, 0.25) is 5.02 Å². The first kappa shape index (κ1) is 20.6. The van der Waals surface area contributed by atoms with Crippen LogP contribution in [0.5, 0.6) is 5.75 Å². The summed E-state index contributed by atoms with van der Waals surface area (Å²) in [6.07, 6.45) is 0. The number of halogens is 2. The zero-order chi connectivity index (χ0) is 22.1. The number of carbonyl (C=O) groups excluding carboxylic acids is 2. The number of aliphatic hydroxyl groups is 1. The van der Waals surface area contributed by atoms with E-state index in [1.165, 1.54) is 24.1 Å². The minimum absolute atomic E-state index is 0.0962. The molecule has 1 atom stereocenters. The minimum Gasteiger partial charge on any atom is -0.507 e. The highest BCUT2D eigenvalue weighted by atomic mass is 35.5. The quantitative estimate of drug-likeness (QED) is 0.350. The Labute approximate surface area is 182 Å². The van der Waals surface area contributed by atoms with Crippen molar-refractivity contribution in [2.24, 2.45) is 0 Å². The number of benzene rings is 3. The maximum atomic E-state index is 13.8. The average molecular weight is 438 g/mol. The van der Waals surface area contributed by atoms with Gasteiger partial charge in [0.15, 0.2) is 0 Å². The highest BCUT2D eigenvalue weighted by Crippen LogP contribution is 2.45. The molecule has 0 bridgehead atoms. The molecule has 1 saturated heterocycles. The second kappa shape index (κ2) is 8.24. The molecule has 0 radical (unpaired) electrons. The van der Waals surface area contributed by atoms with E-state index in [1.807, 2.05) is 0 Å². The van der Waals surface area contributed by atoms with E-state index in [2.05, 4.69) is 0 Å². The Hall–Kier alpha value is -3.64. The summed E-state index contributed by atoms with van der Waals surface area (Å²) in [5.74, 6) is -2.27. The lowest BCUT2D eigenvalue weighted by molar-refractivity contribution is -0.132. The number of carbonyl (C=O) groups is 2. The van der Waals surface area contributed by atoms with Crippen LogP contribution in [0.3, 0.4) is 0 Å². The summed E-state index contributed by atoms with van der Waals surface area (Å²) in [4.78, 5) is 27.4. The summed E-state index contributed by atoms with van der Waals surface area (Å²) < 4.78 is 19.2. The predicted octanol–water partition coefficient (Wildman–Crippen LogP) is 5.11. The first-order valence-electron chi connectivity index (χ1n) is 9.38. The Bertz CT molecular complexity index is 1210. The number of Topliss-reactive ketones (excluding diaryl/α,β-unsaturated/α-hetero) is 1. The average Bonchev–Trinajstić information content (AvgIpc) is 3.06. The Morgan fingerprint density at radius 2 is 1.71 bits per heavy atom. The first-order chi connectivity index (χ1) is 14.9. The molecule has 3 aromatic carbocycles. The van der Waals surface area contributed by atoms with Crippen LogP contribution in [0.15, 0.2) is 78.4 Å².